The summed E-state index contributed by atoms with van der Waals surface area (Å²) in [6.07, 6.45) is 5.49. The SMILES string of the molecule is Cc1cnn(C(C)c2nc(-c3ccc(NC(C)C)nc3)no2)c1. The van der Waals surface area contributed by atoms with Crippen molar-refractivity contribution in [2.75, 3.05) is 5.32 Å². The lowest BCUT2D eigenvalue weighted by Crippen LogP contribution is -2.10. The summed E-state index contributed by atoms with van der Waals surface area (Å²) in [7, 11) is 0. The highest BCUT2D eigenvalue weighted by atomic mass is 16.5. The number of hydrogen-bond donors (Lipinski definition) is 1. The van der Waals surface area contributed by atoms with Gasteiger partial charge in [-0.3, -0.25) is 4.68 Å². The molecule has 0 saturated carbocycles. The second kappa shape index (κ2) is 6.20. The van der Waals surface area contributed by atoms with Gasteiger partial charge < -0.3 is 9.84 Å². The van der Waals surface area contributed by atoms with Crippen LogP contribution in [-0.2, 0) is 0 Å². The molecule has 3 heterocycles. The molecule has 3 aromatic heterocycles. The van der Waals surface area contributed by atoms with Crippen molar-refractivity contribution in [2.24, 2.45) is 0 Å². The summed E-state index contributed by atoms with van der Waals surface area (Å²) in [6.45, 7) is 8.10. The Hall–Kier alpha value is -2.70. The highest BCUT2D eigenvalue weighted by Crippen LogP contribution is 2.21. The molecule has 7 nitrogen and oxygen atoms in total. The third kappa shape index (κ3) is 3.39. The average molecular weight is 312 g/mol. The number of hydrogen-bond acceptors (Lipinski definition) is 6. The van der Waals surface area contributed by atoms with Gasteiger partial charge in [-0.1, -0.05) is 5.16 Å². The largest absolute Gasteiger partial charge is 0.368 e. The number of anilines is 1. The second-order valence-electron chi connectivity index (χ2n) is 5.86. The lowest BCUT2D eigenvalue weighted by Gasteiger charge is -2.08. The van der Waals surface area contributed by atoms with E-state index < -0.39 is 0 Å². The smallest absolute Gasteiger partial charge is 0.251 e. The van der Waals surface area contributed by atoms with Crippen molar-refractivity contribution in [2.45, 2.75) is 39.8 Å². The van der Waals surface area contributed by atoms with E-state index in [-0.39, 0.29) is 6.04 Å². The van der Waals surface area contributed by atoms with Gasteiger partial charge in [-0.25, -0.2) is 4.98 Å². The monoisotopic (exact) mass is 312 g/mol. The van der Waals surface area contributed by atoms with E-state index in [1.807, 2.05) is 32.2 Å². The summed E-state index contributed by atoms with van der Waals surface area (Å²) in [6, 6.07) is 4.06. The van der Waals surface area contributed by atoms with E-state index in [1.165, 1.54) is 0 Å². The van der Waals surface area contributed by atoms with Gasteiger partial charge in [0.15, 0.2) is 0 Å². The van der Waals surface area contributed by atoms with Gasteiger partial charge in [0.2, 0.25) is 5.82 Å². The first-order chi connectivity index (χ1) is 11.0. The van der Waals surface area contributed by atoms with E-state index in [2.05, 4.69) is 39.4 Å². The van der Waals surface area contributed by atoms with Gasteiger partial charge in [0.1, 0.15) is 11.9 Å². The number of aromatic nitrogens is 5. The lowest BCUT2D eigenvalue weighted by molar-refractivity contribution is 0.336. The van der Waals surface area contributed by atoms with Crippen molar-refractivity contribution in [1.82, 2.24) is 24.9 Å². The van der Waals surface area contributed by atoms with Crippen LogP contribution in [0, 0.1) is 6.92 Å². The van der Waals surface area contributed by atoms with E-state index in [0.29, 0.717) is 17.8 Å². The quantitative estimate of drug-likeness (QED) is 0.779. The molecule has 0 bridgehead atoms. The zero-order valence-electron chi connectivity index (χ0n) is 13.7. The van der Waals surface area contributed by atoms with Crippen molar-refractivity contribution >= 4 is 5.82 Å². The van der Waals surface area contributed by atoms with Crippen LogP contribution in [-0.4, -0.2) is 30.9 Å². The van der Waals surface area contributed by atoms with Gasteiger partial charge in [0.25, 0.3) is 5.89 Å². The van der Waals surface area contributed by atoms with Gasteiger partial charge in [-0.15, -0.1) is 0 Å². The Morgan fingerprint density at radius 1 is 1.17 bits per heavy atom. The molecule has 7 heteroatoms. The number of rotatable bonds is 5. The van der Waals surface area contributed by atoms with Crippen LogP contribution in [0.5, 0.6) is 0 Å². The van der Waals surface area contributed by atoms with Gasteiger partial charge in [-0.05, 0) is 45.4 Å². The van der Waals surface area contributed by atoms with Gasteiger partial charge >= 0.3 is 0 Å². The first-order valence-corrected chi connectivity index (χ1v) is 7.60. The summed E-state index contributed by atoms with van der Waals surface area (Å²) in [4.78, 5) is 8.82. The molecule has 0 aliphatic heterocycles. The third-order valence-corrected chi connectivity index (χ3v) is 3.38. The summed E-state index contributed by atoms with van der Waals surface area (Å²) in [5.74, 6) is 1.87. The maximum atomic E-state index is 5.37. The molecule has 3 rings (SSSR count). The van der Waals surface area contributed by atoms with Crippen molar-refractivity contribution in [3.8, 4) is 11.4 Å². The molecular formula is C16H20N6O. The fraction of sp³-hybridized carbons (Fsp3) is 0.375. The van der Waals surface area contributed by atoms with Crippen molar-refractivity contribution < 1.29 is 4.52 Å². The Morgan fingerprint density at radius 2 is 2.00 bits per heavy atom. The Balaban J connectivity index is 1.78. The van der Waals surface area contributed by atoms with Crippen LogP contribution in [0.3, 0.4) is 0 Å². The molecule has 23 heavy (non-hydrogen) atoms. The first-order valence-electron chi connectivity index (χ1n) is 7.60. The van der Waals surface area contributed by atoms with Crippen molar-refractivity contribution in [3.63, 3.8) is 0 Å². The summed E-state index contributed by atoms with van der Waals surface area (Å²) in [5.41, 5.74) is 1.91. The molecule has 1 atom stereocenters. The van der Waals surface area contributed by atoms with E-state index in [0.717, 1.165) is 16.9 Å². The summed E-state index contributed by atoms with van der Waals surface area (Å²) < 4.78 is 7.18. The van der Waals surface area contributed by atoms with E-state index >= 15 is 0 Å². The van der Waals surface area contributed by atoms with E-state index in [4.69, 9.17) is 4.52 Å². The van der Waals surface area contributed by atoms with Gasteiger partial charge in [0, 0.05) is 24.0 Å². The van der Waals surface area contributed by atoms with Crippen LogP contribution in [0.4, 0.5) is 5.82 Å². The Morgan fingerprint density at radius 3 is 2.61 bits per heavy atom. The zero-order chi connectivity index (χ0) is 16.4. The van der Waals surface area contributed by atoms with Crippen LogP contribution < -0.4 is 5.32 Å². The molecule has 0 amide bonds. The van der Waals surface area contributed by atoms with E-state index in [9.17, 15) is 0 Å². The fourth-order valence-corrected chi connectivity index (χ4v) is 2.19. The Labute approximate surface area is 134 Å². The molecule has 0 aliphatic rings. The average Bonchev–Trinajstić information content (AvgIpc) is 3.16. The molecule has 0 radical (unpaired) electrons. The van der Waals surface area contributed by atoms with E-state index in [1.54, 1.807) is 17.1 Å². The molecule has 120 valence electrons. The predicted octanol–water partition coefficient (Wildman–Crippen LogP) is 3.07. The number of aryl methyl sites for hydroxylation is 1. The summed E-state index contributed by atoms with van der Waals surface area (Å²) >= 11 is 0. The second-order valence-corrected chi connectivity index (χ2v) is 5.86. The third-order valence-electron chi connectivity index (χ3n) is 3.38. The highest BCUT2D eigenvalue weighted by Gasteiger charge is 2.17. The molecule has 0 fully saturated rings. The van der Waals surface area contributed by atoms with Crippen LogP contribution >= 0.6 is 0 Å². The molecule has 0 aliphatic carbocycles. The molecule has 1 unspecified atom stereocenters. The minimum absolute atomic E-state index is 0.111. The first kappa shape index (κ1) is 15.2. The maximum absolute atomic E-state index is 5.37. The molecule has 0 saturated heterocycles. The fourth-order valence-electron chi connectivity index (χ4n) is 2.19. The van der Waals surface area contributed by atoms with Crippen LogP contribution in [0.1, 0.15) is 38.3 Å². The van der Waals surface area contributed by atoms with Crippen molar-refractivity contribution in [1.29, 1.82) is 0 Å². The minimum atomic E-state index is -0.111. The standard InChI is InChI=1S/C16H20N6O/c1-10(2)19-14-6-5-13(8-17-14)15-20-16(23-21-15)12(4)22-9-11(3)7-18-22/h5-10,12H,1-4H3,(H,17,19). The van der Waals surface area contributed by atoms with Gasteiger partial charge in [0.05, 0.1) is 6.20 Å². The van der Waals surface area contributed by atoms with Crippen LogP contribution in [0.2, 0.25) is 0 Å². The van der Waals surface area contributed by atoms with Crippen LogP contribution in [0.25, 0.3) is 11.4 Å². The number of nitrogens with zero attached hydrogens (tertiary/aromatic N) is 5. The molecule has 0 aromatic carbocycles. The Bertz CT molecular complexity index is 774. The molecular weight excluding hydrogens is 292 g/mol. The topological polar surface area (TPSA) is 81.7 Å². The number of nitrogens with one attached hydrogen (secondary N) is 1. The molecule has 3 aromatic rings. The van der Waals surface area contributed by atoms with Crippen LogP contribution in [0.15, 0.2) is 35.2 Å². The Kier molecular flexibility index (Phi) is 4.10. The predicted molar refractivity (Wildman–Crippen MR) is 87.1 cm³/mol. The zero-order valence-corrected chi connectivity index (χ0v) is 13.7. The molecule has 1 N–H and O–H groups in total. The highest BCUT2D eigenvalue weighted by molar-refractivity contribution is 5.55. The maximum Gasteiger partial charge on any atom is 0.251 e. The van der Waals surface area contributed by atoms with Crippen molar-refractivity contribution in [3.05, 3.63) is 42.2 Å². The number of pyridine rings is 1. The normalized spacial score (nSPS) is 12.6. The van der Waals surface area contributed by atoms with Gasteiger partial charge in [-0.2, -0.15) is 10.1 Å². The lowest BCUT2D eigenvalue weighted by atomic mass is 10.2. The molecule has 0 spiro atoms. The minimum Gasteiger partial charge on any atom is -0.368 e. The summed E-state index contributed by atoms with van der Waals surface area (Å²) in [5, 5.41) is 11.6.